The van der Waals surface area contributed by atoms with Crippen LogP contribution in [0.1, 0.15) is 44.1 Å². The Labute approximate surface area is 181 Å². The Hall–Kier alpha value is -0.860. The zero-order valence-electron chi connectivity index (χ0n) is 16.7. The molecule has 0 radical (unpaired) electrons. The summed E-state index contributed by atoms with van der Waals surface area (Å²) < 4.78 is 5.65. The summed E-state index contributed by atoms with van der Waals surface area (Å²) in [5.74, 6) is 1.35. The van der Waals surface area contributed by atoms with Gasteiger partial charge in [-0.2, -0.15) is 0 Å². The first-order valence-electron chi connectivity index (χ1n) is 10.1. The molecule has 0 amide bonds. The Balaban J connectivity index is 0.00000261. The number of nitrogens with one attached hydrogen (secondary N) is 2. The van der Waals surface area contributed by atoms with E-state index in [-0.39, 0.29) is 29.5 Å². The van der Waals surface area contributed by atoms with Gasteiger partial charge in [0.1, 0.15) is 0 Å². The molecule has 2 saturated heterocycles. The van der Waals surface area contributed by atoms with Crippen molar-refractivity contribution in [1.82, 2.24) is 15.5 Å². The van der Waals surface area contributed by atoms with Crippen LogP contribution in [0.3, 0.4) is 0 Å². The smallest absolute Gasteiger partial charge is 0.191 e. The number of nitrogens with zero attached hydrogens (tertiary/aromatic N) is 2. The minimum Gasteiger partial charge on any atom is -0.381 e. The van der Waals surface area contributed by atoms with Crippen molar-refractivity contribution < 1.29 is 4.74 Å². The molecule has 27 heavy (non-hydrogen) atoms. The largest absolute Gasteiger partial charge is 0.381 e. The van der Waals surface area contributed by atoms with E-state index in [2.05, 4.69) is 57.8 Å². The molecule has 1 atom stereocenters. The minimum atomic E-state index is 0. The van der Waals surface area contributed by atoms with E-state index in [1.807, 2.05) is 7.05 Å². The number of halogens is 1. The number of rotatable bonds is 6. The Bertz CT molecular complexity index is 569. The van der Waals surface area contributed by atoms with Gasteiger partial charge in [-0.05, 0) is 50.3 Å². The van der Waals surface area contributed by atoms with Crippen LogP contribution in [-0.4, -0.2) is 62.8 Å². The summed E-state index contributed by atoms with van der Waals surface area (Å²) in [6.45, 7) is 8.25. The van der Waals surface area contributed by atoms with E-state index >= 15 is 0 Å². The molecule has 6 heteroatoms. The molecular formula is C21H35IN4O. The summed E-state index contributed by atoms with van der Waals surface area (Å²) in [5, 5.41) is 7.11. The summed E-state index contributed by atoms with van der Waals surface area (Å²) in [7, 11) is 1.86. The van der Waals surface area contributed by atoms with Gasteiger partial charge in [0.15, 0.2) is 5.96 Å². The second-order valence-corrected chi connectivity index (χ2v) is 7.65. The molecule has 2 heterocycles. The van der Waals surface area contributed by atoms with Gasteiger partial charge in [-0.3, -0.25) is 9.89 Å². The molecular weight excluding hydrogens is 451 g/mol. The molecule has 0 saturated carbocycles. The highest BCUT2D eigenvalue weighted by atomic mass is 127. The fraction of sp³-hybridized carbons (Fsp3) is 0.667. The third kappa shape index (κ3) is 6.06. The zero-order chi connectivity index (χ0) is 18.2. The van der Waals surface area contributed by atoms with Gasteiger partial charge in [0.25, 0.3) is 0 Å². The Kier molecular flexibility index (Phi) is 9.32. The quantitative estimate of drug-likeness (QED) is 0.369. The van der Waals surface area contributed by atoms with E-state index in [9.17, 15) is 0 Å². The van der Waals surface area contributed by atoms with Gasteiger partial charge in [-0.25, -0.2) is 0 Å². The van der Waals surface area contributed by atoms with Crippen LogP contribution in [0.2, 0.25) is 0 Å². The summed E-state index contributed by atoms with van der Waals surface area (Å²) >= 11 is 0. The first kappa shape index (κ1) is 22.4. The molecule has 2 aliphatic rings. The molecule has 1 aromatic rings. The van der Waals surface area contributed by atoms with E-state index in [4.69, 9.17) is 4.74 Å². The van der Waals surface area contributed by atoms with Crippen LogP contribution >= 0.6 is 24.0 Å². The molecule has 0 aromatic heterocycles. The second kappa shape index (κ2) is 11.2. The normalized spacial score (nSPS) is 21.3. The van der Waals surface area contributed by atoms with Gasteiger partial charge < -0.3 is 15.4 Å². The maximum Gasteiger partial charge on any atom is 0.191 e. The lowest BCUT2D eigenvalue weighted by molar-refractivity contribution is -0.0164. The van der Waals surface area contributed by atoms with Crippen molar-refractivity contribution in [3.05, 3.63) is 35.9 Å². The highest BCUT2D eigenvalue weighted by Gasteiger charge is 2.39. The van der Waals surface area contributed by atoms with Crippen molar-refractivity contribution in [2.24, 2.45) is 4.99 Å². The number of hydrogen-bond acceptors (Lipinski definition) is 3. The predicted molar refractivity (Wildman–Crippen MR) is 123 cm³/mol. The van der Waals surface area contributed by atoms with E-state index < -0.39 is 0 Å². The van der Waals surface area contributed by atoms with Gasteiger partial charge in [-0.15, -0.1) is 24.0 Å². The molecule has 0 aliphatic carbocycles. The molecule has 0 bridgehead atoms. The van der Waals surface area contributed by atoms with Crippen molar-refractivity contribution in [3.8, 4) is 0 Å². The Morgan fingerprint density at radius 2 is 1.81 bits per heavy atom. The lowest BCUT2D eigenvalue weighted by atomic mass is 9.88. The van der Waals surface area contributed by atoms with Crippen LogP contribution in [0.5, 0.6) is 0 Å². The number of benzene rings is 1. The predicted octanol–water partition coefficient (Wildman–Crippen LogP) is 3.22. The maximum absolute atomic E-state index is 5.65. The summed E-state index contributed by atoms with van der Waals surface area (Å²) in [4.78, 5) is 7.12. The van der Waals surface area contributed by atoms with E-state index in [1.165, 1.54) is 31.5 Å². The Morgan fingerprint density at radius 3 is 2.44 bits per heavy atom. The summed E-state index contributed by atoms with van der Waals surface area (Å²) in [6, 6.07) is 10.6. The van der Waals surface area contributed by atoms with Gasteiger partial charge in [-0.1, -0.05) is 37.3 Å². The van der Waals surface area contributed by atoms with Gasteiger partial charge in [0.05, 0.1) is 0 Å². The average Bonchev–Trinajstić information content (AvgIpc) is 3.25. The summed E-state index contributed by atoms with van der Waals surface area (Å²) in [5.41, 5.74) is 1.57. The summed E-state index contributed by atoms with van der Waals surface area (Å²) in [6.07, 6.45) is 4.86. The number of aliphatic imine (C=N–C) groups is 1. The average molecular weight is 486 g/mol. The van der Waals surface area contributed by atoms with Gasteiger partial charge >= 0.3 is 0 Å². The molecule has 1 unspecified atom stereocenters. The van der Waals surface area contributed by atoms with Gasteiger partial charge in [0, 0.05) is 38.9 Å². The first-order valence-corrected chi connectivity index (χ1v) is 10.1. The van der Waals surface area contributed by atoms with E-state index in [0.29, 0.717) is 5.92 Å². The molecule has 2 aliphatic heterocycles. The molecule has 2 N–H and O–H groups in total. The van der Waals surface area contributed by atoms with Crippen molar-refractivity contribution in [2.75, 3.05) is 46.4 Å². The third-order valence-corrected chi connectivity index (χ3v) is 5.95. The zero-order valence-corrected chi connectivity index (χ0v) is 19.1. The minimum absolute atomic E-state index is 0. The van der Waals surface area contributed by atoms with Crippen LogP contribution < -0.4 is 10.6 Å². The fourth-order valence-corrected chi connectivity index (χ4v) is 4.17. The SMILES string of the molecule is CN=C(NCC(C)c1ccccc1)NCC1(N2CCCC2)CCOCC1.I. The molecule has 3 rings (SSSR count). The monoisotopic (exact) mass is 486 g/mol. The van der Waals surface area contributed by atoms with E-state index in [0.717, 1.165) is 45.1 Å². The maximum atomic E-state index is 5.65. The molecule has 152 valence electrons. The van der Waals surface area contributed by atoms with Crippen molar-refractivity contribution in [1.29, 1.82) is 0 Å². The van der Waals surface area contributed by atoms with Crippen LogP contribution in [0.4, 0.5) is 0 Å². The van der Waals surface area contributed by atoms with Crippen molar-refractivity contribution in [2.45, 2.75) is 44.1 Å². The standard InChI is InChI=1S/C21H34N4O.HI/c1-18(19-8-4-3-5-9-19)16-23-20(22-2)24-17-21(10-14-26-15-11-21)25-12-6-7-13-25;/h3-5,8-9,18H,6-7,10-17H2,1-2H3,(H2,22,23,24);1H. The van der Waals surface area contributed by atoms with Gasteiger partial charge in [0.2, 0.25) is 0 Å². The molecule has 0 spiro atoms. The number of likely N-dealkylation sites (tertiary alicyclic amines) is 1. The van der Waals surface area contributed by atoms with Crippen LogP contribution in [-0.2, 0) is 4.74 Å². The van der Waals surface area contributed by atoms with Crippen LogP contribution in [0, 0.1) is 0 Å². The van der Waals surface area contributed by atoms with Crippen molar-refractivity contribution in [3.63, 3.8) is 0 Å². The van der Waals surface area contributed by atoms with Crippen LogP contribution in [0.15, 0.2) is 35.3 Å². The number of ether oxygens (including phenoxy) is 1. The fourth-order valence-electron chi connectivity index (χ4n) is 4.17. The topological polar surface area (TPSA) is 48.9 Å². The first-order chi connectivity index (χ1) is 12.7. The lowest BCUT2D eigenvalue weighted by Gasteiger charge is -2.45. The molecule has 1 aromatic carbocycles. The highest BCUT2D eigenvalue weighted by Crippen LogP contribution is 2.30. The third-order valence-electron chi connectivity index (χ3n) is 5.95. The molecule has 5 nitrogen and oxygen atoms in total. The van der Waals surface area contributed by atoms with Crippen LogP contribution in [0.25, 0.3) is 0 Å². The second-order valence-electron chi connectivity index (χ2n) is 7.65. The lowest BCUT2D eigenvalue weighted by Crippen LogP contribution is -2.58. The number of guanidine groups is 1. The Morgan fingerprint density at radius 1 is 1.15 bits per heavy atom. The highest BCUT2D eigenvalue weighted by molar-refractivity contribution is 14.0. The van der Waals surface area contributed by atoms with Crippen molar-refractivity contribution >= 4 is 29.9 Å². The number of hydrogen-bond donors (Lipinski definition) is 2. The van der Waals surface area contributed by atoms with E-state index in [1.54, 1.807) is 0 Å². The molecule has 2 fully saturated rings.